The third-order valence-electron chi connectivity index (χ3n) is 4.77. The first-order chi connectivity index (χ1) is 13.1. The van der Waals surface area contributed by atoms with Gasteiger partial charge in [0.2, 0.25) is 5.91 Å². The van der Waals surface area contributed by atoms with Gasteiger partial charge in [-0.15, -0.1) is 0 Å². The number of aromatic amines is 2. The fraction of sp³-hybridized carbons (Fsp3) is 0.222. The molecule has 1 saturated carbocycles. The first-order valence-electron chi connectivity index (χ1n) is 8.46. The molecule has 0 bridgehead atoms. The normalized spacial score (nSPS) is 18.7. The number of benzene rings is 1. The molecule has 0 spiro atoms. The Labute approximate surface area is 152 Å². The van der Waals surface area contributed by atoms with Crippen molar-refractivity contribution in [1.29, 1.82) is 0 Å². The Balaban J connectivity index is 1.54. The fourth-order valence-corrected chi connectivity index (χ4v) is 3.20. The van der Waals surface area contributed by atoms with Crippen molar-refractivity contribution in [3.05, 3.63) is 30.5 Å². The number of aromatic nitrogens is 5. The zero-order valence-electron chi connectivity index (χ0n) is 14.3. The molecule has 27 heavy (non-hydrogen) atoms. The van der Waals surface area contributed by atoms with E-state index in [4.69, 9.17) is 4.74 Å². The number of pyridine rings is 1. The Bertz CT molecular complexity index is 1180. The minimum absolute atomic E-state index is 0.283. The summed E-state index contributed by atoms with van der Waals surface area (Å²) in [6.07, 6.45) is 1.07. The van der Waals surface area contributed by atoms with E-state index in [9.17, 15) is 9.18 Å². The summed E-state index contributed by atoms with van der Waals surface area (Å²) in [7, 11) is 1.60. The number of carbonyl (C=O) groups is 1. The van der Waals surface area contributed by atoms with Gasteiger partial charge in [0.15, 0.2) is 0 Å². The maximum Gasteiger partial charge on any atom is 0.231 e. The summed E-state index contributed by atoms with van der Waals surface area (Å²) < 4.78 is 18.5. The first kappa shape index (κ1) is 15.7. The molecule has 3 aromatic heterocycles. The lowest BCUT2D eigenvalue weighted by molar-refractivity contribution is -0.117. The van der Waals surface area contributed by atoms with Gasteiger partial charge in [0, 0.05) is 28.8 Å². The summed E-state index contributed by atoms with van der Waals surface area (Å²) in [6, 6.07) is 7.27. The third kappa shape index (κ3) is 2.59. The topological polar surface area (TPSA) is 109 Å². The fourth-order valence-electron chi connectivity index (χ4n) is 3.20. The maximum absolute atomic E-state index is 13.0. The molecule has 0 aliphatic heterocycles. The summed E-state index contributed by atoms with van der Waals surface area (Å²) >= 11 is 0. The molecule has 1 aromatic carbocycles. The summed E-state index contributed by atoms with van der Waals surface area (Å²) in [5, 5.41) is 14.3. The summed E-state index contributed by atoms with van der Waals surface area (Å²) in [5.41, 5.74) is 3.79. The number of ether oxygens (including phenoxy) is 1. The molecule has 136 valence electrons. The van der Waals surface area contributed by atoms with Crippen molar-refractivity contribution in [3.63, 3.8) is 0 Å². The number of fused-ring (bicyclic) bond motifs is 2. The molecule has 1 amide bonds. The number of hydrogen-bond donors (Lipinski definition) is 3. The Morgan fingerprint density at radius 1 is 1.26 bits per heavy atom. The number of halogens is 1. The number of amides is 1. The van der Waals surface area contributed by atoms with E-state index in [1.54, 1.807) is 13.2 Å². The summed E-state index contributed by atoms with van der Waals surface area (Å²) in [4.78, 5) is 19.4. The van der Waals surface area contributed by atoms with Crippen molar-refractivity contribution in [2.24, 2.45) is 5.92 Å². The molecule has 0 radical (unpaired) electrons. The zero-order valence-corrected chi connectivity index (χ0v) is 14.3. The van der Waals surface area contributed by atoms with Crippen LogP contribution < -0.4 is 10.1 Å². The first-order valence-corrected chi connectivity index (χ1v) is 8.46. The lowest BCUT2D eigenvalue weighted by atomic mass is 10.0. The Morgan fingerprint density at radius 2 is 2.04 bits per heavy atom. The van der Waals surface area contributed by atoms with Crippen LogP contribution in [0.1, 0.15) is 6.42 Å². The number of H-pyrrole nitrogens is 2. The van der Waals surface area contributed by atoms with Crippen molar-refractivity contribution >= 4 is 33.8 Å². The molecule has 9 heteroatoms. The lowest BCUT2D eigenvalue weighted by Gasteiger charge is -2.08. The Morgan fingerprint density at radius 3 is 2.78 bits per heavy atom. The van der Waals surface area contributed by atoms with Crippen LogP contribution in [0.2, 0.25) is 0 Å². The largest absolute Gasteiger partial charge is 0.496 e. The highest BCUT2D eigenvalue weighted by atomic mass is 19.1. The van der Waals surface area contributed by atoms with Crippen LogP contribution in [-0.2, 0) is 4.79 Å². The second kappa shape index (κ2) is 5.76. The van der Waals surface area contributed by atoms with Gasteiger partial charge in [0.1, 0.15) is 34.4 Å². The number of alkyl halides is 1. The molecule has 4 aromatic rings. The van der Waals surface area contributed by atoms with E-state index >= 15 is 0 Å². The maximum atomic E-state index is 13.0. The Hall–Kier alpha value is -3.49. The van der Waals surface area contributed by atoms with Gasteiger partial charge in [0.25, 0.3) is 0 Å². The standard InChI is InChI=1S/C18H15FN6O2/c1-27-15-6-14-13(23-25-24-14)5-9(15)11-7-20-17-8(11)2-3-16(21-17)22-18(26)10-4-12(10)19/h2-3,5-7,10,12H,4H2,1H3,(H,23,24,25)(H2,20,21,22,26). The molecule has 1 aliphatic rings. The average molecular weight is 366 g/mol. The number of nitrogens with one attached hydrogen (secondary N) is 3. The van der Waals surface area contributed by atoms with Gasteiger partial charge < -0.3 is 15.0 Å². The number of hydrogen-bond acceptors (Lipinski definition) is 5. The number of nitrogens with zero attached hydrogens (tertiary/aromatic N) is 3. The number of anilines is 1. The summed E-state index contributed by atoms with van der Waals surface area (Å²) in [6.45, 7) is 0. The van der Waals surface area contributed by atoms with Gasteiger partial charge in [0.05, 0.1) is 13.0 Å². The predicted octanol–water partition coefficient (Wildman–Crippen LogP) is 2.81. The molecule has 3 N–H and O–H groups in total. The van der Waals surface area contributed by atoms with Crippen LogP contribution in [0.4, 0.5) is 10.2 Å². The lowest BCUT2D eigenvalue weighted by Crippen LogP contribution is -2.15. The Kier molecular flexibility index (Phi) is 3.36. The molecule has 0 saturated heterocycles. The second-order valence-electron chi connectivity index (χ2n) is 6.51. The van der Waals surface area contributed by atoms with Crippen LogP contribution in [0.3, 0.4) is 0 Å². The zero-order chi connectivity index (χ0) is 18.5. The van der Waals surface area contributed by atoms with Crippen LogP contribution >= 0.6 is 0 Å². The predicted molar refractivity (Wildman–Crippen MR) is 97.2 cm³/mol. The second-order valence-corrected chi connectivity index (χ2v) is 6.51. The van der Waals surface area contributed by atoms with Gasteiger partial charge in [-0.05, 0) is 24.6 Å². The van der Waals surface area contributed by atoms with E-state index in [1.807, 2.05) is 24.4 Å². The van der Waals surface area contributed by atoms with Crippen molar-refractivity contribution in [3.8, 4) is 16.9 Å². The SMILES string of the molecule is COc1cc2n[nH]nc2cc1-c1c[nH]c2nc(NC(=O)C3CC3F)ccc12. The highest BCUT2D eigenvalue weighted by molar-refractivity contribution is 6.00. The monoisotopic (exact) mass is 366 g/mol. The molecular formula is C18H15FN6O2. The quantitative estimate of drug-likeness (QED) is 0.515. The van der Waals surface area contributed by atoms with E-state index in [0.29, 0.717) is 22.7 Å². The minimum Gasteiger partial charge on any atom is -0.496 e. The number of carbonyl (C=O) groups excluding carboxylic acids is 1. The van der Waals surface area contributed by atoms with Crippen molar-refractivity contribution in [2.45, 2.75) is 12.6 Å². The van der Waals surface area contributed by atoms with E-state index in [-0.39, 0.29) is 12.3 Å². The molecular weight excluding hydrogens is 351 g/mol. The van der Waals surface area contributed by atoms with Gasteiger partial charge in [-0.25, -0.2) is 9.37 Å². The van der Waals surface area contributed by atoms with E-state index < -0.39 is 12.1 Å². The average Bonchev–Trinajstić information content (AvgIpc) is 3.07. The van der Waals surface area contributed by atoms with E-state index in [1.165, 1.54) is 0 Å². The van der Waals surface area contributed by atoms with Crippen LogP contribution in [-0.4, -0.2) is 44.6 Å². The molecule has 1 aliphatic carbocycles. The molecule has 1 fully saturated rings. The van der Waals surface area contributed by atoms with E-state index in [2.05, 4.69) is 30.7 Å². The van der Waals surface area contributed by atoms with Crippen molar-refractivity contribution in [1.82, 2.24) is 25.4 Å². The van der Waals surface area contributed by atoms with Gasteiger partial charge in [-0.3, -0.25) is 4.79 Å². The molecule has 8 nitrogen and oxygen atoms in total. The highest BCUT2D eigenvalue weighted by Gasteiger charge is 2.43. The van der Waals surface area contributed by atoms with Crippen LogP contribution in [0.15, 0.2) is 30.5 Å². The summed E-state index contributed by atoms with van der Waals surface area (Å²) in [5.74, 6) is 0.163. The smallest absolute Gasteiger partial charge is 0.231 e. The highest BCUT2D eigenvalue weighted by Crippen LogP contribution is 2.37. The third-order valence-corrected chi connectivity index (χ3v) is 4.77. The van der Waals surface area contributed by atoms with Crippen molar-refractivity contribution in [2.75, 3.05) is 12.4 Å². The van der Waals surface area contributed by atoms with Gasteiger partial charge >= 0.3 is 0 Å². The van der Waals surface area contributed by atoms with Crippen LogP contribution in [0.25, 0.3) is 33.2 Å². The van der Waals surface area contributed by atoms with Crippen LogP contribution in [0.5, 0.6) is 5.75 Å². The van der Waals surface area contributed by atoms with Gasteiger partial charge in [-0.2, -0.15) is 15.4 Å². The molecule has 2 atom stereocenters. The van der Waals surface area contributed by atoms with Crippen LogP contribution in [0, 0.1) is 5.92 Å². The number of rotatable bonds is 4. The molecule has 3 heterocycles. The minimum atomic E-state index is -1.04. The molecule has 5 rings (SSSR count). The number of methoxy groups -OCH3 is 1. The van der Waals surface area contributed by atoms with Gasteiger partial charge in [-0.1, -0.05) is 0 Å². The molecule has 2 unspecified atom stereocenters. The van der Waals surface area contributed by atoms with Crippen molar-refractivity contribution < 1.29 is 13.9 Å². The van der Waals surface area contributed by atoms with E-state index in [0.717, 1.165) is 22.0 Å².